The summed E-state index contributed by atoms with van der Waals surface area (Å²) in [5, 5.41) is 10.8. The van der Waals surface area contributed by atoms with E-state index in [2.05, 4.69) is 15.9 Å². The van der Waals surface area contributed by atoms with Gasteiger partial charge < -0.3 is 4.57 Å². The quantitative estimate of drug-likeness (QED) is 0.183. The highest BCUT2D eigenvalue weighted by molar-refractivity contribution is 9.10. The first-order chi connectivity index (χ1) is 15.8. The molecule has 0 N–H and O–H groups in total. The van der Waals surface area contributed by atoms with E-state index in [4.69, 9.17) is 0 Å². The minimum atomic E-state index is -0.547. The molecular formula is C23H16BrN3O5S. The Morgan fingerprint density at radius 1 is 1.06 bits per heavy atom. The number of rotatable bonds is 7. The number of aromatic nitrogens is 1. The molecule has 0 spiro atoms. The Hall–Kier alpha value is -3.50. The van der Waals surface area contributed by atoms with Crippen LogP contribution >= 0.6 is 27.7 Å². The van der Waals surface area contributed by atoms with E-state index in [-0.39, 0.29) is 29.5 Å². The van der Waals surface area contributed by atoms with Gasteiger partial charge in [-0.3, -0.25) is 29.4 Å². The minimum absolute atomic E-state index is 0.00364. The van der Waals surface area contributed by atoms with Crippen molar-refractivity contribution in [2.24, 2.45) is 0 Å². The highest BCUT2D eigenvalue weighted by Crippen LogP contribution is 2.32. The monoisotopic (exact) mass is 525 g/mol. The molecule has 1 aromatic heterocycles. The van der Waals surface area contributed by atoms with Crippen molar-refractivity contribution in [2.45, 2.75) is 6.54 Å². The number of nitrogens with zero attached hydrogens (tertiary/aromatic N) is 3. The van der Waals surface area contributed by atoms with E-state index < -0.39 is 16.1 Å². The van der Waals surface area contributed by atoms with E-state index in [1.165, 1.54) is 6.07 Å². The highest BCUT2D eigenvalue weighted by Gasteiger charge is 2.36. The van der Waals surface area contributed by atoms with Gasteiger partial charge in [-0.1, -0.05) is 46.3 Å². The van der Waals surface area contributed by atoms with Crippen LogP contribution in [-0.2, 0) is 11.3 Å². The number of imide groups is 1. The van der Waals surface area contributed by atoms with Gasteiger partial charge in [0.25, 0.3) is 16.8 Å². The maximum atomic E-state index is 12.8. The predicted octanol–water partition coefficient (Wildman–Crippen LogP) is 5.13. The van der Waals surface area contributed by atoms with E-state index in [0.717, 1.165) is 21.1 Å². The van der Waals surface area contributed by atoms with Crippen LogP contribution in [-0.4, -0.2) is 37.9 Å². The van der Waals surface area contributed by atoms with Crippen LogP contribution in [0.15, 0.2) is 76.2 Å². The molecule has 0 bridgehead atoms. The van der Waals surface area contributed by atoms with Crippen LogP contribution in [0.3, 0.4) is 0 Å². The van der Waals surface area contributed by atoms with Crippen molar-refractivity contribution < 1.29 is 19.3 Å². The zero-order valence-electron chi connectivity index (χ0n) is 17.0. The lowest BCUT2D eigenvalue weighted by Gasteiger charge is -2.11. The predicted molar refractivity (Wildman–Crippen MR) is 128 cm³/mol. The van der Waals surface area contributed by atoms with Crippen LogP contribution < -0.4 is 0 Å². The second kappa shape index (κ2) is 9.55. The zero-order valence-corrected chi connectivity index (χ0v) is 19.4. The van der Waals surface area contributed by atoms with Gasteiger partial charge in [-0.05, 0) is 42.1 Å². The molecule has 10 heteroatoms. The van der Waals surface area contributed by atoms with Gasteiger partial charge >= 0.3 is 0 Å². The molecule has 0 atom stereocenters. The Labute approximate surface area is 201 Å². The minimum Gasteiger partial charge on any atom is -0.343 e. The summed E-state index contributed by atoms with van der Waals surface area (Å²) in [5.74, 6) is -0.889. The van der Waals surface area contributed by atoms with Crippen LogP contribution in [0, 0.1) is 10.1 Å². The van der Waals surface area contributed by atoms with Gasteiger partial charge in [0.1, 0.15) is 0 Å². The molecule has 33 heavy (non-hydrogen) atoms. The molecule has 3 aromatic rings. The van der Waals surface area contributed by atoms with Gasteiger partial charge in [0, 0.05) is 33.6 Å². The zero-order chi connectivity index (χ0) is 23.5. The number of halogens is 1. The number of amides is 2. The third kappa shape index (κ3) is 4.96. The lowest BCUT2D eigenvalue weighted by atomic mass is 10.1. The molecule has 0 saturated carbocycles. The molecule has 1 saturated heterocycles. The largest absolute Gasteiger partial charge is 0.343 e. The summed E-state index contributed by atoms with van der Waals surface area (Å²) in [4.78, 5) is 49.8. The fraction of sp³-hybridized carbons (Fsp3) is 0.0870. The number of benzene rings is 2. The number of nitro groups is 1. The molecule has 2 aromatic carbocycles. The van der Waals surface area contributed by atoms with E-state index in [1.54, 1.807) is 71.4 Å². The van der Waals surface area contributed by atoms with Crippen LogP contribution in [0.5, 0.6) is 0 Å². The number of para-hydroxylation sites is 1. The molecule has 1 aliphatic rings. The van der Waals surface area contributed by atoms with Gasteiger partial charge in [-0.15, -0.1) is 0 Å². The number of Topliss-reactive ketones (excluding diaryl/α,β-unsaturated/α-hetero) is 1. The first kappa shape index (κ1) is 22.7. The van der Waals surface area contributed by atoms with Crippen LogP contribution in [0.4, 0.5) is 10.5 Å². The molecule has 1 aliphatic heterocycles. The van der Waals surface area contributed by atoms with Crippen molar-refractivity contribution >= 4 is 56.4 Å². The summed E-state index contributed by atoms with van der Waals surface area (Å²) in [7, 11) is 0. The van der Waals surface area contributed by atoms with Crippen molar-refractivity contribution in [3.63, 3.8) is 0 Å². The van der Waals surface area contributed by atoms with E-state index in [9.17, 15) is 24.5 Å². The van der Waals surface area contributed by atoms with Crippen molar-refractivity contribution in [3.8, 4) is 0 Å². The maximum absolute atomic E-state index is 12.8. The van der Waals surface area contributed by atoms with E-state index >= 15 is 0 Å². The van der Waals surface area contributed by atoms with Crippen LogP contribution in [0.1, 0.15) is 21.6 Å². The molecule has 0 aliphatic carbocycles. The molecular weight excluding hydrogens is 510 g/mol. The Bertz CT molecular complexity index is 1300. The molecule has 166 valence electrons. The average molecular weight is 526 g/mol. The van der Waals surface area contributed by atoms with Gasteiger partial charge in [0.2, 0.25) is 0 Å². The molecule has 4 rings (SSSR count). The second-order valence-corrected chi connectivity index (χ2v) is 9.05. The number of hydrogen-bond acceptors (Lipinski definition) is 6. The van der Waals surface area contributed by atoms with Crippen molar-refractivity contribution in [3.05, 3.63) is 103 Å². The molecule has 0 unspecified atom stereocenters. The third-order valence-electron chi connectivity index (χ3n) is 5.01. The van der Waals surface area contributed by atoms with Gasteiger partial charge in [0.05, 0.1) is 22.9 Å². The standard InChI is InChI=1S/C23H16BrN3O5S/c24-17-9-7-15(8-10-17)20(28)14-26-22(29)21(33-23(26)30)12-18-5-3-11-25(18)13-16-4-1-2-6-19(16)27(31)32/h1-12H,13-14H2/b21-12+. The lowest BCUT2D eigenvalue weighted by molar-refractivity contribution is -0.385. The summed E-state index contributed by atoms with van der Waals surface area (Å²) >= 11 is 4.06. The first-order valence-electron chi connectivity index (χ1n) is 9.75. The van der Waals surface area contributed by atoms with E-state index in [0.29, 0.717) is 16.8 Å². The summed E-state index contributed by atoms with van der Waals surface area (Å²) < 4.78 is 2.57. The maximum Gasteiger partial charge on any atom is 0.293 e. The first-order valence-corrected chi connectivity index (χ1v) is 11.4. The van der Waals surface area contributed by atoms with Gasteiger partial charge in [-0.2, -0.15) is 0 Å². The summed E-state index contributed by atoms with van der Waals surface area (Å²) in [6, 6.07) is 16.6. The number of thioether (sulfide) groups is 1. The number of carbonyl (C=O) groups excluding carboxylic acids is 3. The highest BCUT2D eigenvalue weighted by atomic mass is 79.9. The molecule has 8 nitrogen and oxygen atoms in total. The average Bonchev–Trinajstić information content (AvgIpc) is 3.33. The Kier molecular flexibility index (Phi) is 6.57. The fourth-order valence-corrected chi connectivity index (χ4v) is 4.44. The Morgan fingerprint density at radius 2 is 1.79 bits per heavy atom. The smallest absolute Gasteiger partial charge is 0.293 e. The number of hydrogen-bond donors (Lipinski definition) is 0. The molecule has 2 heterocycles. The summed E-state index contributed by atoms with van der Waals surface area (Å²) in [6.07, 6.45) is 3.30. The van der Waals surface area contributed by atoms with Crippen molar-refractivity contribution in [2.75, 3.05) is 6.54 Å². The topological polar surface area (TPSA) is 103 Å². The Balaban J connectivity index is 1.53. The van der Waals surface area contributed by atoms with Crippen LogP contribution in [0.25, 0.3) is 6.08 Å². The molecule has 0 radical (unpaired) electrons. The van der Waals surface area contributed by atoms with Gasteiger partial charge in [0.15, 0.2) is 5.78 Å². The molecule has 1 fully saturated rings. The summed E-state index contributed by atoms with van der Waals surface area (Å²) in [6.45, 7) is -0.122. The third-order valence-corrected chi connectivity index (χ3v) is 6.45. The number of ketones is 1. The number of nitro benzene ring substituents is 1. The normalized spacial score (nSPS) is 14.8. The number of carbonyl (C=O) groups is 3. The van der Waals surface area contributed by atoms with Crippen molar-refractivity contribution in [1.82, 2.24) is 9.47 Å². The SMILES string of the molecule is O=C(CN1C(=O)S/C(=C/c2cccn2Cc2ccccc2[N+](=O)[O-])C1=O)c1ccc(Br)cc1. The van der Waals surface area contributed by atoms with Crippen LogP contribution in [0.2, 0.25) is 0 Å². The second-order valence-electron chi connectivity index (χ2n) is 7.14. The summed E-state index contributed by atoms with van der Waals surface area (Å²) in [5.41, 5.74) is 1.53. The van der Waals surface area contributed by atoms with Crippen molar-refractivity contribution in [1.29, 1.82) is 0 Å². The Morgan fingerprint density at radius 3 is 2.52 bits per heavy atom. The molecule has 2 amide bonds. The van der Waals surface area contributed by atoms with E-state index in [1.807, 2.05) is 0 Å². The lowest BCUT2D eigenvalue weighted by Crippen LogP contribution is -2.33. The van der Waals surface area contributed by atoms with Gasteiger partial charge in [-0.25, -0.2) is 0 Å². The fourth-order valence-electron chi connectivity index (χ4n) is 3.35.